The minimum absolute atomic E-state index is 0.171. The van der Waals surface area contributed by atoms with Crippen LogP contribution >= 0.6 is 0 Å². The zero-order chi connectivity index (χ0) is 13.4. The summed E-state index contributed by atoms with van der Waals surface area (Å²) in [6.45, 7) is 11.0. The van der Waals surface area contributed by atoms with Gasteiger partial charge in [-0.15, -0.1) is 0 Å². The standard InChI is InChI=1S/C13H25N3O2/c1-5-17-13(18-6-2)9-14-7-12-8-15-10-16(12)11(3)4/h8,10-11,13-14H,5-7,9H2,1-4H3. The lowest BCUT2D eigenvalue weighted by Gasteiger charge is -2.18. The summed E-state index contributed by atoms with van der Waals surface area (Å²) in [4.78, 5) is 4.17. The molecule has 1 aromatic heterocycles. The summed E-state index contributed by atoms with van der Waals surface area (Å²) < 4.78 is 13.1. The molecule has 1 heterocycles. The molecule has 1 aromatic rings. The van der Waals surface area contributed by atoms with Crippen LogP contribution in [0.4, 0.5) is 0 Å². The van der Waals surface area contributed by atoms with Crippen LogP contribution < -0.4 is 5.32 Å². The van der Waals surface area contributed by atoms with E-state index in [0.717, 1.165) is 6.54 Å². The van der Waals surface area contributed by atoms with Crippen molar-refractivity contribution in [3.05, 3.63) is 18.2 Å². The number of nitrogens with one attached hydrogen (secondary N) is 1. The minimum Gasteiger partial charge on any atom is -0.352 e. The molecule has 0 aliphatic heterocycles. The van der Waals surface area contributed by atoms with Crippen molar-refractivity contribution in [3.8, 4) is 0 Å². The summed E-state index contributed by atoms with van der Waals surface area (Å²) in [5.41, 5.74) is 1.18. The topological polar surface area (TPSA) is 48.3 Å². The Kier molecular flexibility index (Phi) is 6.93. The average Bonchev–Trinajstić information content (AvgIpc) is 2.78. The van der Waals surface area contributed by atoms with Gasteiger partial charge in [-0.25, -0.2) is 4.98 Å². The first kappa shape index (κ1) is 15.1. The van der Waals surface area contributed by atoms with Crippen molar-refractivity contribution in [1.82, 2.24) is 14.9 Å². The van der Waals surface area contributed by atoms with E-state index in [1.54, 1.807) is 0 Å². The van der Waals surface area contributed by atoms with Crippen molar-refractivity contribution in [2.24, 2.45) is 0 Å². The molecule has 0 unspecified atom stereocenters. The maximum absolute atomic E-state index is 5.47. The van der Waals surface area contributed by atoms with Crippen LogP contribution in [-0.2, 0) is 16.0 Å². The lowest BCUT2D eigenvalue weighted by atomic mass is 10.3. The summed E-state index contributed by atoms with van der Waals surface area (Å²) in [6, 6.07) is 0.430. The van der Waals surface area contributed by atoms with Crippen LogP contribution in [0.2, 0.25) is 0 Å². The molecule has 104 valence electrons. The highest BCUT2D eigenvalue weighted by Gasteiger charge is 2.09. The second kappa shape index (κ2) is 8.24. The van der Waals surface area contributed by atoms with Crippen LogP contribution in [0.3, 0.4) is 0 Å². The van der Waals surface area contributed by atoms with E-state index in [1.807, 2.05) is 26.4 Å². The van der Waals surface area contributed by atoms with Gasteiger partial charge in [0.05, 0.1) is 12.0 Å². The molecule has 5 nitrogen and oxygen atoms in total. The minimum atomic E-state index is -0.171. The summed E-state index contributed by atoms with van der Waals surface area (Å²) >= 11 is 0. The number of ether oxygens (including phenoxy) is 2. The fraction of sp³-hybridized carbons (Fsp3) is 0.769. The predicted octanol–water partition coefficient (Wildman–Crippen LogP) is 1.95. The van der Waals surface area contributed by atoms with Crippen molar-refractivity contribution in [2.45, 2.75) is 46.6 Å². The molecule has 1 N–H and O–H groups in total. The molecular weight excluding hydrogens is 230 g/mol. The van der Waals surface area contributed by atoms with Crippen molar-refractivity contribution in [1.29, 1.82) is 0 Å². The molecule has 1 rings (SSSR count). The van der Waals surface area contributed by atoms with Crippen LogP contribution in [0, 0.1) is 0 Å². The monoisotopic (exact) mass is 255 g/mol. The Bertz CT molecular complexity index is 320. The maximum atomic E-state index is 5.47. The van der Waals surface area contributed by atoms with Gasteiger partial charge in [-0.05, 0) is 27.7 Å². The largest absolute Gasteiger partial charge is 0.352 e. The fourth-order valence-electron chi connectivity index (χ4n) is 1.79. The number of nitrogens with zero attached hydrogens (tertiary/aromatic N) is 2. The van der Waals surface area contributed by atoms with E-state index in [2.05, 4.69) is 28.7 Å². The third-order valence-corrected chi connectivity index (χ3v) is 2.62. The number of rotatable bonds is 9. The number of imidazole rings is 1. The Balaban J connectivity index is 2.37. The van der Waals surface area contributed by atoms with Gasteiger partial charge in [0.15, 0.2) is 6.29 Å². The van der Waals surface area contributed by atoms with Gasteiger partial charge >= 0.3 is 0 Å². The van der Waals surface area contributed by atoms with Gasteiger partial charge in [-0.3, -0.25) is 0 Å². The van der Waals surface area contributed by atoms with Crippen molar-refractivity contribution in [3.63, 3.8) is 0 Å². The van der Waals surface area contributed by atoms with E-state index in [4.69, 9.17) is 9.47 Å². The maximum Gasteiger partial charge on any atom is 0.169 e. The molecule has 0 aliphatic carbocycles. The lowest BCUT2D eigenvalue weighted by molar-refractivity contribution is -0.133. The van der Waals surface area contributed by atoms with Crippen molar-refractivity contribution < 1.29 is 9.47 Å². The smallest absolute Gasteiger partial charge is 0.169 e. The first-order chi connectivity index (χ1) is 8.69. The van der Waals surface area contributed by atoms with Crippen molar-refractivity contribution >= 4 is 0 Å². The molecule has 0 fully saturated rings. The molecule has 0 atom stereocenters. The molecule has 0 aliphatic rings. The molecule has 0 aromatic carbocycles. The number of aromatic nitrogens is 2. The Labute approximate surface area is 109 Å². The van der Waals surface area contributed by atoms with Gasteiger partial charge in [0.25, 0.3) is 0 Å². The summed E-state index contributed by atoms with van der Waals surface area (Å²) in [5.74, 6) is 0. The van der Waals surface area contributed by atoms with Gasteiger partial charge in [0, 0.05) is 38.5 Å². The third kappa shape index (κ3) is 4.76. The molecule has 0 saturated heterocycles. The quantitative estimate of drug-likeness (QED) is 0.685. The van der Waals surface area contributed by atoms with E-state index >= 15 is 0 Å². The van der Waals surface area contributed by atoms with E-state index in [9.17, 15) is 0 Å². The van der Waals surface area contributed by atoms with Crippen LogP contribution in [-0.4, -0.2) is 35.6 Å². The summed E-state index contributed by atoms with van der Waals surface area (Å²) in [6.07, 6.45) is 3.59. The SMILES string of the molecule is CCOC(CNCc1cncn1C(C)C)OCC. The van der Waals surface area contributed by atoms with E-state index in [1.165, 1.54) is 5.69 Å². The lowest BCUT2D eigenvalue weighted by Crippen LogP contribution is -2.31. The average molecular weight is 255 g/mol. The first-order valence-corrected chi connectivity index (χ1v) is 6.63. The van der Waals surface area contributed by atoms with Crippen LogP contribution in [0.15, 0.2) is 12.5 Å². The Hall–Kier alpha value is -0.910. The highest BCUT2D eigenvalue weighted by atomic mass is 16.7. The van der Waals surface area contributed by atoms with Crippen molar-refractivity contribution in [2.75, 3.05) is 19.8 Å². The van der Waals surface area contributed by atoms with Crippen LogP contribution in [0.1, 0.15) is 39.4 Å². The Morgan fingerprint density at radius 1 is 1.28 bits per heavy atom. The van der Waals surface area contributed by atoms with Gasteiger partial charge in [-0.2, -0.15) is 0 Å². The van der Waals surface area contributed by atoms with E-state index in [0.29, 0.717) is 25.8 Å². The van der Waals surface area contributed by atoms with Gasteiger partial charge in [0.2, 0.25) is 0 Å². The molecule has 0 saturated carbocycles. The molecule has 18 heavy (non-hydrogen) atoms. The van der Waals surface area contributed by atoms with Gasteiger partial charge in [0.1, 0.15) is 0 Å². The summed E-state index contributed by atoms with van der Waals surface area (Å²) in [5, 5.41) is 3.34. The highest BCUT2D eigenvalue weighted by Crippen LogP contribution is 2.08. The fourth-order valence-corrected chi connectivity index (χ4v) is 1.79. The normalized spacial score (nSPS) is 11.7. The zero-order valence-electron chi connectivity index (χ0n) is 11.8. The Morgan fingerprint density at radius 3 is 2.50 bits per heavy atom. The number of hydrogen-bond acceptors (Lipinski definition) is 4. The van der Waals surface area contributed by atoms with Gasteiger partial charge < -0.3 is 19.4 Å². The van der Waals surface area contributed by atoms with E-state index in [-0.39, 0.29) is 6.29 Å². The highest BCUT2D eigenvalue weighted by molar-refractivity contribution is 4.99. The molecule has 0 bridgehead atoms. The first-order valence-electron chi connectivity index (χ1n) is 6.63. The Morgan fingerprint density at radius 2 is 1.94 bits per heavy atom. The predicted molar refractivity (Wildman–Crippen MR) is 71.4 cm³/mol. The van der Waals surface area contributed by atoms with E-state index < -0.39 is 0 Å². The molecule has 0 amide bonds. The molecule has 0 radical (unpaired) electrons. The zero-order valence-corrected chi connectivity index (χ0v) is 11.8. The number of hydrogen-bond donors (Lipinski definition) is 1. The molecule has 0 spiro atoms. The third-order valence-electron chi connectivity index (χ3n) is 2.62. The van der Waals surface area contributed by atoms with Gasteiger partial charge in [-0.1, -0.05) is 0 Å². The van der Waals surface area contributed by atoms with Crippen LogP contribution in [0.25, 0.3) is 0 Å². The van der Waals surface area contributed by atoms with Crippen LogP contribution in [0.5, 0.6) is 0 Å². The summed E-state index contributed by atoms with van der Waals surface area (Å²) in [7, 11) is 0. The molecular formula is C13H25N3O2. The second-order valence-electron chi connectivity index (χ2n) is 4.36. The molecule has 5 heteroatoms. The second-order valence-corrected chi connectivity index (χ2v) is 4.36.